The van der Waals surface area contributed by atoms with Crippen LogP contribution in [-0.4, -0.2) is 5.91 Å². The molecule has 126 valence electrons. The van der Waals surface area contributed by atoms with Gasteiger partial charge in [0.2, 0.25) is 5.91 Å². The number of hydrogen-bond acceptors (Lipinski definition) is 2. The maximum Gasteiger partial charge on any atom is 0.228 e. The zero-order valence-corrected chi connectivity index (χ0v) is 14.2. The molecule has 1 saturated carbocycles. The fourth-order valence-electron chi connectivity index (χ4n) is 3.76. The Balaban J connectivity index is 1.67. The lowest BCUT2D eigenvalue weighted by Crippen LogP contribution is -2.22. The molecular weight excluding hydrogens is 320 g/mol. The van der Waals surface area contributed by atoms with Gasteiger partial charge in [-0.15, -0.1) is 0 Å². The highest BCUT2D eigenvalue weighted by Crippen LogP contribution is 2.59. The van der Waals surface area contributed by atoms with Crippen molar-refractivity contribution in [2.24, 2.45) is 5.92 Å². The first-order valence-corrected chi connectivity index (χ1v) is 8.67. The highest BCUT2D eigenvalue weighted by atomic mass is 16.2. The first-order valence-electron chi connectivity index (χ1n) is 8.67. The first-order chi connectivity index (χ1) is 12.8. The maximum atomic E-state index is 13.0. The number of nitriles is 1. The van der Waals surface area contributed by atoms with Gasteiger partial charge in [-0.3, -0.25) is 4.79 Å². The van der Waals surface area contributed by atoms with Crippen LogP contribution < -0.4 is 5.32 Å². The minimum absolute atomic E-state index is 0.0413. The Kier molecular flexibility index (Phi) is 4.02. The van der Waals surface area contributed by atoms with Crippen LogP contribution in [0.4, 0.5) is 5.69 Å². The SMILES string of the molecule is N#Cc1ccccc1NC(=O)C1CC1(c1ccccc1)c1ccccc1. The van der Waals surface area contributed by atoms with Crippen molar-refractivity contribution in [1.82, 2.24) is 0 Å². The molecule has 1 unspecified atom stereocenters. The van der Waals surface area contributed by atoms with E-state index in [1.54, 1.807) is 18.2 Å². The summed E-state index contributed by atoms with van der Waals surface area (Å²) in [7, 11) is 0. The molecule has 4 rings (SSSR count). The molecule has 0 saturated heterocycles. The molecule has 3 heteroatoms. The molecule has 0 radical (unpaired) electrons. The summed E-state index contributed by atoms with van der Waals surface area (Å²) in [5, 5.41) is 12.2. The van der Waals surface area contributed by atoms with Gasteiger partial charge in [0.05, 0.1) is 17.2 Å². The number of carbonyl (C=O) groups is 1. The number of anilines is 1. The molecule has 3 aromatic rings. The number of rotatable bonds is 4. The van der Waals surface area contributed by atoms with Crippen LogP contribution in [0.5, 0.6) is 0 Å². The molecule has 26 heavy (non-hydrogen) atoms. The fourth-order valence-corrected chi connectivity index (χ4v) is 3.76. The van der Waals surface area contributed by atoms with E-state index >= 15 is 0 Å². The summed E-state index contributed by atoms with van der Waals surface area (Å²) in [6.45, 7) is 0. The Labute approximate surface area is 152 Å². The average molecular weight is 338 g/mol. The van der Waals surface area contributed by atoms with Gasteiger partial charge in [0, 0.05) is 5.41 Å². The lowest BCUT2D eigenvalue weighted by molar-refractivity contribution is -0.117. The highest BCUT2D eigenvalue weighted by molar-refractivity contribution is 5.98. The summed E-state index contributed by atoms with van der Waals surface area (Å²) >= 11 is 0. The van der Waals surface area contributed by atoms with E-state index in [0.717, 1.165) is 17.5 Å². The van der Waals surface area contributed by atoms with Crippen LogP contribution >= 0.6 is 0 Å². The van der Waals surface area contributed by atoms with Crippen LogP contribution in [0.15, 0.2) is 84.9 Å². The number of benzene rings is 3. The number of amides is 1. The standard InChI is InChI=1S/C23H18N2O/c24-16-17-9-7-8-14-21(17)25-22(26)20-15-23(20,18-10-3-1-4-11-18)19-12-5-2-6-13-19/h1-14,20H,15H2,(H,25,26). The summed E-state index contributed by atoms with van der Waals surface area (Å²) < 4.78 is 0. The fraction of sp³-hybridized carbons (Fsp3) is 0.130. The van der Waals surface area contributed by atoms with Crippen molar-refractivity contribution < 1.29 is 4.79 Å². The minimum Gasteiger partial charge on any atom is -0.325 e. The number of nitrogens with one attached hydrogen (secondary N) is 1. The second kappa shape index (κ2) is 6.50. The zero-order chi connectivity index (χ0) is 18.0. The summed E-state index contributed by atoms with van der Waals surface area (Å²) in [5.74, 6) is -0.195. The third kappa shape index (κ3) is 2.66. The summed E-state index contributed by atoms with van der Waals surface area (Å²) in [6, 6.07) is 29.6. The summed E-state index contributed by atoms with van der Waals surface area (Å²) in [4.78, 5) is 13.0. The molecule has 3 aromatic carbocycles. The average Bonchev–Trinajstić information content (AvgIpc) is 3.47. The molecule has 0 heterocycles. The Morgan fingerprint density at radius 2 is 1.42 bits per heavy atom. The summed E-state index contributed by atoms with van der Waals surface area (Å²) in [5.41, 5.74) is 3.06. The highest BCUT2D eigenvalue weighted by Gasteiger charge is 2.60. The number of hydrogen-bond donors (Lipinski definition) is 1. The Morgan fingerprint density at radius 1 is 0.885 bits per heavy atom. The smallest absolute Gasteiger partial charge is 0.228 e. The Hall–Kier alpha value is -3.38. The largest absolute Gasteiger partial charge is 0.325 e. The van der Waals surface area contributed by atoms with Gasteiger partial charge in [-0.25, -0.2) is 0 Å². The Bertz CT molecular complexity index is 934. The predicted octanol–water partition coefficient (Wildman–Crippen LogP) is 4.50. The van der Waals surface area contributed by atoms with E-state index in [2.05, 4.69) is 35.7 Å². The molecule has 1 aliphatic carbocycles. The predicted molar refractivity (Wildman–Crippen MR) is 102 cm³/mol. The van der Waals surface area contributed by atoms with E-state index < -0.39 is 0 Å². The van der Waals surface area contributed by atoms with Crippen LogP contribution in [-0.2, 0) is 10.2 Å². The van der Waals surface area contributed by atoms with Gasteiger partial charge in [-0.1, -0.05) is 72.8 Å². The monoisotopic (exact) mass is 338 g/mol. The van der Waals surface area contributed by atoms with Gasteiger partial charge >= 0.3 is 0 Å². The molecule has 1 amide bonds. The van der Waals surface area contributed by atoms with Crippen LogP contribution in [0.3, 0.4) is 0 Å². The molecular formula is C23H18N2O. The van der Waals surface area contributed by atoms with Crippen molar-refractivity contribution in [3.63, 3.8) is 0 Å². The van der Waals surface area contributed by atoms with Gasteiger partial charge in [-0.2, -0.15) is 5.26 Å². The molecule has 0 aromatic heterocycles. The van der Waals surface area contributed by atoms with Gasteiger partial charge in [0.1, 0.15) is 6.07 Å². The van der Waals surface area contributed by atoms with Crippen molar-refractivity contribution in [1.29, 1.82) is 5.26 Å². The van der Waals surface area contributed by atoms with Crippen molar-refractivity contribution in [2.75, 3.05) is 5.32 Å². The zero-order valence-electron chi connectivity index (χ0n) is 14.2. The van der Waals surface area contributed by atoms with E-state index in [0.29, 0.717) is 11.3 Å². The van der Waals surface area contributed by atoms with E-state index in [-0.39, 0.29) is 17.2 Å². The minimum atomic E-state index is -0.297. The molecule has 3 nitrogen and oxygen atoms in total. The molecule has 1 N–H and O–H groups in total. The first kappa shape index (κ1) is 16.1. The molecule has 0 aliphatic heterocycles. The van der Waals surface area contributed by atoms with E-state index in [4.69, 9.17) is 0 Å². The van der Waals surface area contributed by atoms with E-state index in [1.807, 2.05) is 42.5 Å². The topological polar surface area (TPSA) is 52.9 Å². The normalized spacial score (nSPS) is 17.1. The van der Waals surface area contributed by atoms with Gasteiger partial charge < -0.3 is 5.32 Å². The van der Waals surface area contributed by atoms with Crippen molar-refractivity contribution >= 4 is 11.6 Å². The lowest BCUT2D eigenvalue weighted by Gasteiger charge is -2.19. The second-order valence-electron chi connectivity index (χ2n) is 6.61. The van der Waals surface area contributed by atoms with Crippen molar-refractivity contribution in [3.8, 4) is 6.07 Å². The van der Waals surface area contributed by atoms with Gasteiger partial charge in [-0.05, 0) is 29.7 Å². The second-order valence-corrected chi connectivity index (χ2v) is 6.61. The van der Waals surface area contributed by atoms with Crippen LogP contribution in [0, 0.1) is 17.2 Å². The van der Waals surface area contributed by atoms with Crippen molar-refractivity contribution in [3.05, 3.63) is 102 Å². The maximum absolute atomic E-state index is 13.0. The molecule has 1 fully saturated rings. The van der Waals surface area contributed by atoms with Crippen LogP contribution in [0.1, 0.15) is 23.1 Å². The van der Waals surface area contributed by atoms with E-state index in [9.17, 15) is 10.1 Å². The lowest BCUT2D eigenvalue weighted by atomic mass is 9.85. The summed E-state index contributed by atoms with van der Waals surface area (Å²) in [6.07, 6.45) is 0.765. The molecule has 0 spiro atoms. The third-order valence-electron chi connectivity index (χ3n) is 5.16. The van der Waals surface area contributed by atoms with Gasteiger partial charge in [0.25, 0.3) is 0 Å². The van der Waals surface area contributed by atoms with Gasteiger partial charge in [0.15, 0.2) is 0 Å². The number of para-hydroxylation sites is 1. The quantitative estimate of drug-likeness (QED) is 0.761. The molecule has 0 bridgehead atoms. The molecule has 1 atom stereocenters. The van der Waals surface area contributed by atoms with E-state index in [1.165, 1.54) is 0 Å². The number of carbonyl (C=O) groups excluding carboxylic acids is 1. The van der Waals surface area contributed by atoms with Crippen LogP contribution in [0.2, 0.25) is 0 Å². The number of nitrogens with zero attached hydrogens (tertiary/aromatic N) is 1. The Morgan fingerprint density at radius 3 is 2.00 bits per heavy atom. The van der Waals surface area contributed by atoms with Crippen molar-refractivity contribution in [2.45, 2.75) is 11.8 Å². The third-order valence-corrected chi connectivity index (χ3v) is 5.16. The van der Waals surface area contributed by atoms with Crippen LogP contribution in [0.25, 0.3) is 0 Å². The molecule has 1 aliphatic rings.